The summed E-state index contributed by atoms with van der Waals surface area (Å²) in [7, 11) is 1.55. The van der Waals surface area contributed by atoms with E-state index in [0.29, 0.717) is 29.1 Å². The smallest absolute Gasteiger partial charge is 0.488 e. The largest absolute Gasteiger partial charge is 0.497 e. The number of benzene rings is 2. The highest BCUT2D eigenvalue weighted by atomic mass is 16.5. The van der Waals surface area contributed by atoms with Crippen LogP contribution in [-0.4, -0.2) is 37.3 Å². The van der Waals surface area contributed by atoms with Crippen molar-refractivity contribution in [2.75, 3.05) is 14.2 Å². The van der Waals surface area contributed by atoms with Gasteiger partial charge in [0.05, 0.1) is 14.2 Å². The van der Waals surface area contributed by atoms with Crippen LogP contribution in [0.4, 0.5) is 0 Å². The first-order valence-electron chi connectivity index (χ1n) is 6.99. The number of nitrogens with one attached hydrogen (secondary N) is 1. The van der Waals surface area contributed by atoms with Crippen molar-refractivity contribution in [3.05, 3.63) is 53.6 Å². The summed E-state index contributed by atoms with van der Waals surface area (Å²) in [4.78, 5) is 12.2. The highest BCUT2D eigenvalue weighted by molar-refractivity contribution is 6.58. The van der Waals surface area contributed by atoms with Crippen molar-refractivity contribution >= 4 is 18.5 Å². The van der Waals surface area contributed by atoms with Crippen molar-refractivity contribution in [3.8, 4) is 11.5 Å². The Labute approximate surface area is 134 Å². The molecule has 0 spiro atoms. The Balaban J connectivity index is 2.04. The van der Waals surface area contributed by atoms with Gasteiger partial charge in [-0.2, -0.15) is 0 Å². The minimum Gasteiger partial charge on any atom is -0.497 e. The average molecular weight is 315 g/mol. The normalized spacial score (nSPS) is 10.1. The molecule has 0 bridgehead atoms. The fourth-order valence-corrected chi connectivity index (χ4v) is 2.03. The van der Waals surface area contributed by atoms with Crippen LogP contribution in [-0.2, 0) is 6.54 Å². The SMILES string of the molecule is COc1cc(OC)cc(C(=O)NCc2ccc(B(O)O)cc2)c1. The Morgan fingerprint density at radius 3 is 2.09 bits per heavy atom. The van der Waals surface area contributed by atoms with Gasteiger partial charge in [0.2, 0.25) is 0 Å². The van der Waals surface area contributed by atoms with Crippen LogP contribution in [0.2, 0.25) is 0 Å². The second kappa shape index (κ2) is 7.67. The third-order valence-corrected chi connectivity index (χ3v) is 3.34. The van der Waals surface area contributed by atoms with Crippen LogP contribution in [0.3, 0.4) is 0 Å². The van der Waals surface area contributed by atoms with E-state index < -0.39 is 7.12 Å². The second-order valence-corrected chi connectivity index (χ2v) is 4.90. The number of rotatable bonds is 6. The molecule has 0 atom stereocenters. The summed E-state index contributed by atoms with van der Waals surface area (Å²) in [6, 6.07) is 11.6. The zero-order valence-corrected chi connectivity index (χ0v) is 12.9. The molecule has 2 rings (SSSR count). The van der Waals surface area contributed by atoms with Crippen LogP contribution >= 0.6 is 0 Å². The van der Waals surface area contributed by atoms with Gasteiger partial charge in [0.15, 0.2) is 0 Å². The van der Waals surface area contributed by atoms with E-state index in [1.807, 2.05) is 0 Å². The molecule has 120 valence electrons. The van der Waals surface area contributed by atoms with Crippen molar-refractivity contribution in [2.24, 2.45) is 0 Å². The monoisotopic (exact) mass is 315 g/mol. The molecule has 0 radical (unpaired) electrons. The fraction of sp³-hybridized carbons (Fsp3) is 0.188. The molecule has 0 aliphatic carbocycles. The van der Waals surface area contributed by atoms with E-state index in [-0.39, 0.29) is 5.91 Å². The van der Waals surface area contributed by atoms with E-state index in [1.54, 1.807) is 42.5 Å². The lowest BCUT2D eigenvalue weighted by Gasteiger charge is -2.09. The molecule has 0 aliphatic rings. The summed E-state index contributed by atoms with van der Waals surface area (Å²) in [5, 5.41) is 20.9. The van der Waals surface area contributed by atoms with Crippen LogP contribution in [0, 0.1) is 0 Å². The first-order chi connectivity index (χ1) is 11.0. The molecule has 0 aliphatic heterocycles. The van der Waals surface area contributed by atoms with Gasteiger partial charge < -0.3 is 24.8 Å². The van der Waals surface area contributed by atoms with Gasteiger partial charge in [-0.15, -0.1) is 0 Å². The number of amides is 1. The number of hydrogen-bond donors (Lipinski definition) is 3. The third kappa shape index (κ3) is 4.48. The Morgan fingerprint density at radius 2 is 1.61 bits per heavy atom. The zero-order valence-electron chi connectivity index (χ0n) is 12.9. The number of carbonyl (C=O) groups is 1. The number of methoxy groups -OCH3 is 2. The standard InChI is InChI=1S/C16H18BNO5/c1-22-14-7-12(8-15(9-14)23-2)16(19)18-10-11-3-5-13(6-4-11)17(20)21/h3-9,20-21H,10H2,1-2H3,(H,18,19). The summed E-state index contributed by atoms with van der Waals surface area (Å²) in [6.07, 6.45) is 0. The lowest BCUT2D eigenvalue weighted by molar-refractivity contribution is 0.0950. The molecule has 2 aromatic rings. The molecule has 0 unspecified atom stereocenters. The minimum absolute atomic E-state index is 0.256. The molecule has 6 nitrogen and oxygen atoms in total. The first-order valence-corrected chi connectivity index (χ1v) is 6.99. The quantitative estimate of drug-likeness (QED) is 0.668. The maximum absolute atomic E-state index is 12.2. The predicted molar refractivity (Wildman–Crippen MR) is 87.0 cm³/mol. The van der Waals surface area contributed by atoms with Gasteiger partial charge in [-0.25, -0.2) is 0 Å². The maximum atomic E-state index is 12.2. The van der Waals surface area contributed by atoms with Gasteiger partial charge in [0.25, 0.3) is 5.91 Å². The predicted octanol–water partition coefficient (Wildman–Crippen LogP) is 0.314. The van der Waals surface area contributed by atoms with Gasteiger partial charge in [-0.1, -0.05) is 24.3 Å². The third-order valence-electron chi connectivity index (χ3n) is 3.34. The van der Waals surface area contributed by atoms with Gasteiger partial charge in [0, 0.05) is 18.2 Å². The molecule has 1 amide bonds. The van der Waals surface area contributed by atoms with Crippen LogP contribution in [0.1, 0.15) is 15.9 Å². The minimum atomic E-state index is -1.50. The summed E-state index contributed by atoms with van der Waals surface area (Å²) >= 11 is 0. The molecule has 0 saturated heterocycles. The van der Waals surface area contributed by atoms with E-state index in [2.05, 4.69) is 5.32 Å². The molecule has 0 aromatic heterocycles. The second-order valence-electron chi connectivity index (χ2n) is 4.90. The summed E-state index contributed by atoms with van der Waals surface area (Å²) < 4.78 is 10.3. The number of ether oxygens (including phenoxy) is 2. The van der Waals surface area contributed by atoms with Crippen molar-refractivity contribution < 1.29 is 24.3 Å². The summed E-state index contributed by atoms with van der Waals surface area (Å²) in [6.45, 7) is 0.320. The molecule has 0 fully saturated rings. The van der Waals surface area contributed by atoms with E-state index in [1.165, 1.54) is 14.2 Å². The fourth-order valence-electron chi connectivity index (χ4n) is 2.03. The Bertz CT molecular complexity index is 650. The van der Waals surface area contributed by atoms with E-state index >= 15 is 0 Å². The molecule has 2 aromatic carbocycles. The van der Waals surface area contributed by atoms with Gasteiger partial charge in [-0.05, 0) is 23.2 Å². The van der Waals surface area contributed by atoms with Crippen LogP contribution in [0.15, 0.2) is 42.5 Å². The van der Waals surface area contributed by atoms with Crippen molar-refractivity contribution in [1.29, 1.82) is 0 Å². The topological polar surface area (TPSA) is 88.0 Å². The molecule has 0 heterocycles. The first kappa shape index (κ1) is 16.9. The van der Waals surface area contributed by atoms with Crippen molar-refractivity contribution in [2.45, 2.75) is 6.54 Å². The van der Waals surface area contributed by atoms with Gasteiger partial charge >= 0.3 is 7.12 Å². The van der Waals surface area contributed by atoms with E-state index in [0.717, 1.165) is 5.56 Å². The Kier molecular flexibility index (Phi) is 5.62. The number of hydrogen-bond acceptors (Lipinski definition) is 5. The molecular formula is C16H18BNO5. The van der Waals surface area contributed by atoms with Crippen molar-refractivity contribution in [1.82, 2.24) is 5.32 Å². The lowest BCUT2D eigenvalue weighted by atomic mass is 9.80. The number of carbonyl (C=O) groups excluding carboxylic acids is 1. The van der Waals surface area contributed by atoms with Crippen LogP contribution in [0.25, 0.3) is 0 Å². The summed E-state index contributed by atoms with van der Waals surface area (Å²) in [5.41, 5.74) is 1.68. The maximum Gasteiger partial charge on any atom is 0.488 e. The highest BCUT2D eigenvalue weighted by Gasteiger charge is 2.11. The molecule has 23 heavy (non-hydrogen) atoms. The van der Waals surface area contributed by atoms with E-state index in [4.69, 9.17) is 19.5 Å². The summed E-state index contributed by atoms with van der Waals surface area (Å²) in [5.74, 6) is 0.819. The Morgan fingerprint density at radius 1 is 1.04 bits per heavy atom. The highest BCUT2D eigenvalue weighted by Crippen LogP contribution is 2.22. The van der Waals surface area contributed by atoms with Gasteiger partial charge in [-0.3, -0.25) is 4.79 Å². The lowest BCUT2D eigenvalue weighted by Crippen LogP contribution is -2.29. The van der Waals surface area contributed by atoms with Gasteiger partial charge in [0.1, 0.15) is 11.5 Å². The average Bonchev–Trinajstić information content (AvgIpc) is 2.59. The molecule has 3 N–H and O–H groups in total. The molecular weight excluding hydrogens is 297 g/mol. The molecule has 7 heteroatoms. The van der Waals surface area contributed by atoms with Crippen LogP contribution in [0.5, 0.6) is 11.5 Å². The Hall–Kier alpha value is -2.51. The zero-order chi connectivity index (χ0) is 16.8. The van der Waals surface area contributed by atoms with Crippen molar-refractivity contribution in [3.63, 3.8) is 0 Å². The van der Waals surface area contributed by atoms with E-state index in [9.17, 15) is 4.79 Å². The molecule has 0 saturated carbocycles. The van der Waals surface area contributed by atoms with Crippen LogP contribution < -0.4 is 20.3 Å².